The van der Waals surface area contributed by atoms with Crippen molar-refractivity contribution in [3.8, 4) is 11.5 Å². The van der Waals surface area contributed by atoms with E-state index in [4.69, 9.17) is 9.05 Å². The van der Waals surface area contributed by atoms with E-state index in [1.54, 1.807) is 42.5 Å². The topological polar surface area (TPSA) is 76.1 Å². The molecule has 6 nitrogen and oxygen atoms in total. The molecule has 0 bridgehead atoms. The van der Waals surface area contributed by atoms with Gasteiger partial charge in [0.05, 0.1) is 0 Å². The first kappa shape index (κ1) is 23.6. The summed E-state index contributed by atoms with van der Waals surface area (Å²) in [5.74, 6) is 0.377. The lowest BCUT2D eigenvalue weighted by Crippen LogP contribution is -2.21. The monoisotopic (exact) mass is 453 g/mol. The van der Waals surface area contributed by atoms with Crippen LogP contribution in [-0.2, 0) is 11.0 Å². The molecule has 3 rings (SSSR count). The minimum atomic E-state index is -4.33. The van der Waals surface area contributed by atoms with E-state index in [-0.39, 0.29) is 17.3 Å². The third-order valence-corrected chi connectivity index (χ3v) is 5.95. The lowest BCUT2D eigenvalue weighted by molar-refractivity contribution is 0.0983. The van der Waals surface area contributed by atoms with E-state index in [1.807, 2.05) is 0 Å². The summed E-state index contributed by atoms with van der Waals surface area (Å²) in [6.45, 7) is 6.17. The molecule has 1 atom stereocenters. The summed E-state index contributed by atoms with van der Waals surface area (Å²) in [6, 6.07) is 22.7. The molecule has 0 aliphatic heterocycles. The summed E-state index contributed by atoms with van der Waals surface area (Å²) in [5.41, 5.74) is 2.81. The number of hydrogen-bond acceptors (Lipinski definition) is 5. The summed E-state index contributed by atoms with van der Waals surface area (Å²) in [4.78, 5) is 24.8. The predicted octanol–water partition coefficient (Wildman–Crippen LogP) is 5.91. The van der Waals surface area contributed by atoms with Gasteiger partial charge in [0.2, 0.25) is 0 Å². The third-order valence-electron chi connectivity index (χ3n) is 5.07. The van der Waals surface area contributed by atoms with Gasteiger partial charge in [-0.15, -0.1) is 0 Å². The lowest BCUT2D eigenvalue weighted by atomic mass is 10.0. The lowest BCUT2D eigenvalue weighted by Gasteiger charge is -2.21. The van der Waals surface area contributed by atoms with Crippen LogP contribution in [-0.4, -0.2) is 23.8 Å². The first-order chi connectivity index (χ1) is 15.4. The van der Waals surface area contributed by atoms with E-state index < -0.39 is 7.82 Å². The maximum Gasteiger partial charge on any atom is 0.584 e. The van der Waals surface area contributed by atoms with Crippen LogP contribution in [0.3, 0.4) is 0 Å². The first-order valence-corrected chi connectivity index (χ1v) is 12.1. The van der Waals surface area contributed by atoms with Gasteiger partial charge in [-0.1, -0.05) is 30.3 Å². The maximum absolute atomic E-state index is 12.5. The molecule has 0 fully saturated rings. The molecule has 0 aromatic heterocycles. The normalized spacial score (nSPS) is 12.6. The number of phosphoric acid groups is 1. The summed E-state index contributed by atoms with van der Waals surface area (Å²) in [7, 11) is -4.33. The van der Waals surface area contributed by atoms with Crippen LogP contribution in [0.25, 0.3) is 0 Å². The van der Waals surface area contributed by atoms with Gasteiger partial charge in [-0.2, -0.15) is 0 Å². The Kier molecular flexibility index (Phi) is 8.09. The van der Waals surface area contributed by atoms with Crippen molar-refractivity contribution in [3.05, 3.63) is 90.0 Å². The molecule has 32 heavy (non-hydrogen) atoms. The average Bonchev–Trinajstić information content (AvgIpc) is 2.79. The van der Waals surface area contributed by atoms with Crippen LogP contribution in [0, 0.1) is 0 Å². The minimum Gasteiger partial charge on any atom is -0.395 e. The minimum absolute atomic E-state index is 0.00270. The molecular formula is C25H28NO5P. The van der Waals surface area contributed by atoms with Crippen LogP contribution in [0.5, 0.6) is 11.5 Å². The molecule has 0 spiro atoms. The zero-order valence-corrected chi connectivity index (χ0v) is 19.2. The molecule has 3 aromatic rings. The highest BCUT2D eigenvalue weighted by Gasteiger charge is 2.25. The Labute approximate surface area is 189 Å². The Balaban J connectivity index is 1.54. The van der Waals surface area contributed by atoms with E-state index in [9.17, 15) is 14.3 Å². The molecule has 0 aliphatic rings. The van der Waals surface area contributed by atoms with Gasteiger partial charge in [0.25, 0.3) is 0 Å². The molecule has 0 amide bonds. The van der Waals surface area contributed by atoms with Gasteiger partial charge in [0.15, 0.2) is 5.78 Å². The number of ketones is 1. The number of carbonyl (C=O) groups excluding carboxylic acids is 1. The zero-order valence-electron chi connectivity index (χ0n) is 18.3. The van der Waals surface area contributed by atoms with Gasteiger partial charge in [0.1, 0.15) is 11.5 Å². The number of aryl methyl sites for hydroxylation is 1. The standard InChI is InChI=1S/C25H28NO5P/c1-3-26(4-2)22-15-10-20(11-16-22)12-19-25(27)21-13-17-24(18-14-21)31-32(28,29)30-23-8-6-5-7-9-23/h5-11,13-18H,3-4,12,19H2,1-2H3,(H,28,29). The third kappa shape index (κ3) is 6.71. The average molecular weight is 453 g/mol. The number of Topliss-reactive ketones (excluding diaryl/α,β-unsaturated/α-hetero) is 1. The number of carbonyl (C=O) groups is 1. The SMILES string of the molecule is CCN(CC)c1ccc(CCC(=O)c2ccc(OP(=O)(O)Oc3ccccc3)cc2)cc1. The fraction of sp³-hybridized carbons (Fsp3) is 0.240. The molecular weight excluding hydrogens is 425 g/mol. The molecule has 1 unspecified atom stereocenters. The molecule has 0 saturated heterocycles. The van der Waals surface area contributed by atoms with Crippen molar-refractivity contribution in [1.29, 1.82) is 0 Å². The van der Waals surface area contributed by atoms with Crippen molar-refractivity contribution in [3.63, 3.8) is 0 Å². The fourth-order valence-electron chi connectivity index (χ4n) is 3.33. The number of nitrogens with zero attached hydrogens (tertiary/aromatic N) is 1. The smallest absolute Gasteiger partial charge is 0.395 e. The number of hydrogen-bond donors (Lipinski definition) is 1. The molecule has 0 saturated carbocycles. The van der Waals surface area contributed by atoms with Crippen molar-refractivity contribution >= 4 is 19.3 Å². The number of anilines is 1. The van der Waals surface area contributed by atoms with Crippen molar-refractivity contribution < 1.29 is 23.3 Å². The van der Waals surface area contributed by atoms with Crippen LogP contribution in [0.15, 0.2) is 78.9 Å². The number of rotatable bonds is 11. The van der Waals surface area contributed by atoms with Crippen molar-refractivity contribution in [1.82, 2.24) is 0 Å². The zero-order chi connectivity index (χ0) is 23.0. The molecule has 0 heterocycles. The number of para-hydroxylation sites is 1. The second-order valence-electron chi connectivity index (χ2n) is 7.25. The molecule has 0 radical (unpaired) electrons. The fourth-order valence-corrected chi connectivity index (χ4v) is 4.15. The van der Waals surface area contributed by atoms with Crippen LogP contribution in [0.1, 0.15) is 36.2 Å². The van der Waals surface area contributed by atoms with E-state index in [0.29, 0.717) is 18.4 Å². The molecule has 3 aromatic carbocycles. The Morgan fingerprint density at radius 1 is 0.844 bits per heavy atom. The molecule has 7 heteroatoms. The van der Waals surface area contributed by atoms with Gasteiger partial charge < -0.3 is 13.9 Å². The highest BCUT2D eigenvalue weighted by molar-refractivity contribution is 7.48. The Hall–Kier alpha value is -3.08. The van der Waals surface area contributed by atoms with Crippen molar-refractivity contribution in [2.45, 2.75) is 26.7 Å². The van der Waals surface area contributed by atoms with Gasteiger partial charge >= 0.3 is 7.82 Å². The molecule has 0 aliphatic carbocycles. The second kappa shape index (κ2) is 11.0. The van der Waals surface area contributed by atoms with E-state index in [0.717, 1.165) is 18.7 Å². The Morgan fingerprint density at radius 3 is 1.97 bits per heavy atom. The van der Waals surface area contributed by atoms with E-state index in [1.165, 1.54) is 17.8 Å². The summed E-state index contributed by atoms with van der Waals surface area (Å²) in [6.07, 6.45) is 1.02. The van der Waals surface area contributed by atoms with Gasteiger partial charge in [-0.25, -0.2) is 4.57 Å². The largest absolute Gasteiger partial charge is 0.584 e. The maximum atomic E-state index is 12.5. The summed E-state index contributed by atoms with van der Waals surface area (Å²) >= 11 is 0. The van der Waals surface area contributed by atoms with E-state index in [2.05, 4.69) is 43.0 Å². The number of benzene rings is 3. The van der Waals surface area contributed by atoms with Crippen molar-refractivity contribution in [2.24, 2.45) is 0 Å². The highest BCUT2D eigenvalue weighted by Crippen LogP contribution is 2.44. The predicted molar refractivity (Wildman–Crippen MR) is 127 cm³/mol. The highest BCUT2D eigenvalue weighted by atomic mass is 31.2. The Morgan fingerprint density at radius 2 is 1.41 bits per heavy atom. The van der Waals surface area contributed by atoms with Crippen LogP contribution in [0.4, 0.5) is 5.69 Å². The van der Waals surface area contributed by atoms with Crippen LogP contribution < -0.4 is 13.9 Å². The molecule has 1 N–H and O–H groups in total. The van der Waals surface area contributed by atoms with Gasteiger partial charge in [0, 0.05) is 30.8 Å². The first-order valence-electron chi connectivity index (χ1n) is 10.6. The van der Waals surface area contributed by atoms with Crippen LogP contribution in [0.2, 0.25) is 0 Å². The van der Waals surface area contributed by atoms with Crippen LogP contribution >= 0.6 is 7.82 Å². The van der Waals surface area contributed by atoms with Gasteiger partial charge in [-0.3, -0.25) is 9.69 Å². The van der Waals surface area contributed by atoms with Gasteiger partial charge in [-0.05, 0) is 74.4 Å². The van der Waals surface area contributed by atoms with E-state index >= 15 is 0 Å². The number of phosphoric ester groups is 1. The quantitative estimate of drug-likeness (QED) is 0.287. The van der Waals surface area contributed by atoms with Crippen molar-refractivity contribution in [2.75, 3.05) is 18.0 Å². The summed E-state index contributed by atoms with van der Waals surface area (Å²) < 4.78 is 22.3. The second-order valence-corrected chi connectivity index (χ2v) is 8.55. The summed E-state index contributed by atoms with van der Waals surface area (Å²) in [5, 5.41) is 0. The Bertz CT molecular complexity index is 1050. The molecule has 168 valence electrons.